The summed E-state index contributed by atoms with van der Waals surface area (Å²) in [5.41, 5.74) is 2.61. The Hall–Kier alpha value is -2.60. The molecule has 6 heteroatoms. The monoisotopic (exact) mass is 356 g/mol. The second-order valence-electron chi connectivity index (χ2n) is 6.09. The van der Waals surface area contributed by atoms with Gasteiger partial charge in [-0.2, -0.15) is 0 Å². The number of thiophene rings is 1. The maximum atomic E-state index is 12.8. The molecule has 0 unspecified atom stereocenters. The fourth-order valence-corrected chi connectivity index (χ4v) is 3.79. The van der Waals surface area contributed by atoms with Gasteiger partial charge in [-0.3, -0.25) is 9.59 Å². The average molecular weight is 356 g/mol. The summed E-state index contributed by atoms with van der Waals surface area (Å²) in [4.78, 5) is 25.5. The third-order valence-electron chi connectivity index (χ3n) is 4.15. The first-order valence-corrected chi connectivity index (χ1v) is 9.03. The number of nitrogens with zero attached hydrogens (tertiary/aromatic N) is 1. The predicted molar refractivity (Wildman–Crippen MR) is 102 cm³/mol. The Morgan fingerprint density at radius 3 is 2.72 bits per heavy atom. The van der Waals surface area contributed by atoms with Crippen LogP contribution in [0.5, 0.6) is 5.75 Å². The standard InChI is InChI=1S/C19H20N2O3S/c1-4-8-21-14-7-9-25-17(14)16(22)15(19(21)24)18(23)20-13-6-5-11(2)10-12(13)3/h5-7,9-10,22H,4,8H2,1-3H3,(H,20,23). The van der Waals surface area contributed by atoms with Gasteiger partial charge in [0, 0.05) is 12.2 Å². The number of amides is 1. The number of hydrogen-bond acceptors (Lipinski definition) is 4. The van der Waals surface area contributed by atoms with Crippen molar-refractivity contribution in [3.8, 4) is 5.75 Å². The minimum absolute atomic E-state index is 0.205. The molecule has 2 aromatic heterocycles. The van der Waals surface area contributed by atoms with E-state index in [1.54, 1.807) is 16.7 Å². The molecule has 0 spiro atoms. The van der Waals surface area contributed by atoms with E-state index in [2.05, 4.69) is 5.32 Å². The molecule has 3 rings (SSSR count). The number of hydrogen-bond donors (Lipinski definition) is 2. The van der Waals surface area contributed by atoms with E-state index in [0.29, 0.717) is 22.4 Å². The van der Waals surface area contributed by atoms with E-state index in [-0.39, 0.29) is 11.3 Å². The molecular weight excluding hydrogens is 336 g/mol. The molecule has 25 heavy (non-hydrogen) atoms. The fraction of sp³-hybridized carbons (Fsp3) is 0.263. The van der Waals surface area contributed by atoms with E-state index in [4.69, 9.17) is 0 Å². The Morgan fingerprint density at radius 1 is 1.28 bits per heavy atom. The molecule has 0 atom stereocenters. The van der Waals surface area contributed by atoms with Crippen molar-refractivity contribution in [2.75, 3.05) is 5.32 Å². The zero-order chi connectivity index (χ0) is 18.1. The van der Waals surface area contributed by atoms with E-state index >= 15 is 0 Å². The lowest BCUT2D eigenvalue weighted by molar-refractivity contribution is 0.102. The van der Waals surface area contributed by atoms with Crippen LogP contribution in [-0.2, 0) is 6.54 Å². The highest BCUT2D eigenvalue weighted by molar-refractivity contribution is 7.17. The van der Waals surface area contributed by atoms with Crippen molar-refractivity contribution < 1.29 is 9.90 Å². The zero-order valence-electron chi connectivity index (χ0n) is 14.4. The molecule has 0 aliphatic heterocycles. The zero-order valence-corrected chi connectivity index (χ0v) is 15.2. The number of rotatable bonds is 4. The van der Waals surface area contributed by atoms with Gasteiger partial charge in [-0.25, -0.2) is 0 Å². The molecule has 0 saturated carbocycles. The SMILES string of the molecule is CCCn1c(=O)c(C(=O)Nc2ccc(C)cc2C)c(O)c2sccc21. The van der Waals surface area contributed by atoms with Crippen LogP contribution >= 0.6 is 11.3 Å². The van der Waals surface area contributed by atoms with Crippen molar-refractivity contribution in [1.82, 2.24) is 4.57 Å². The summed E-state index contributed by atoms with van der Waals surface area (Å²) in [6.07, 6.45) is 0.758. The van der Waals surface area contributed by atoms with Gasteiger partial charge in [-0.05, 0) is 43.3 Å². The van der Waals surface area contributed by atoms with Gasteiger partial charge in [0.25, 0.3) is 11.5 Å². The van der Waals surface area contributed by atoms with Crippen LogP contribution in [0.25, 0.3) is 10.2 Å². The average Bonchev–Trinajstić information content (AvgIpc) is 3.04. The third kappa shape index (κ3) is 3.05. The van der Waals surface area contributed by atoms with Crippen molar-refractivity contribution in [3.05, 3.63) is 56.7 Å². The predicted octanol–water partition coefficient (Wildman–Crippen LogP) is 4.05. The van der Waals surface area contributed by atoms with Gasteiger partial charge >= 0.3 is 0 Å². The molecule has 1 amide bonds. The Kier molecular flexibility index (Phi) is 4.63. The van der Waals surface area contributed by atoms with Crippen LogP contribution < -0.4 is 10.9 Å². The Morgan fingerprint density at radius 2 is 2.04 bits per heavy atom. The van der Waals surface area contributed by atoms with Crippen molar-refractivity contribution in [3.63, 3.8) is 0 Å². The number of benzene rings is 1. The Labute approximate surface area is 149 Å². The van der Waals surface area contributed by atoms with Crippen molar-refractivity contribution in [2.45, 2.75) is 33.7 Å². The lowest BCUT2D eigenvalue weighted by Crippen LogP contribution is -2.29. The molecule has 2 N–H and O–H groups in total. The van der Waals surface area contributed by atoms with E-state index in [9.17, 15) is 14.7 Å². The second kappa shape index (κ2) is 6.72. The quantitative estimate of drug-likeness (QED) is 0.741. The summed E-state index contributed by atoms with van der Waals surface area (Å²) in [5, 5.41) is 15.1. The Balaban J connectivity index is 2.11. The Bertz CT molecular complexity index is 1020. The molecule has 3 aromatic rings. The topological polar surface area (TPSA) is 71.3 Å². The first-order chi connectivity index (χ1) is 11.9. The van der Waals surface area contributed by atoms with Crippen LogP contribution in [-0.4, -0.2) is 15.6 Å². The lowest BCUT2D eigenvalue weighted by Gasteiger charge is -2.13. The van der Waals surface area contributed by atoms with Crippen molar-refractivity contribution in [2.24, 2.45) is 0 Å². The van der Waals surface area contributed by atoms with E-state index in [1.165, 1.54) is 11.3 Å². The van der Waals surface area contributed by atoms with Gasteiger partial charge in [-0.1, -0.05) is 24.6 Å². The minimum Gasteiger partial charge on any atom is -0.505 e. The number of carbonyl (C=O) groups is 1. The number of fused-ring (bicyclic) bond motifs is 1. The molecule has 5 nitrogen and oxygen atoms in total. The summed E-state index contributed by atoms with van der Waals surface area (Å²) >= 11 is 1.32. The fourth-order valence-electron chi connectivity index (χ4n) is 2.94. The van der Waals surface area contributed by atoms with Gasteiger partial charge in [-0.15, -0.1) is 11.3 Å². The number of pyridine rings is 1. The van der Waals surface area contributed by atoms with Gasteiger partial charge < -0.3 is 15.0 Å². The van der Waals surface area contributed by atoms with Crippen LogP contribution in [0.1, 0.15) is 34.8 Å². The number of nitrogens with one attached hydrogen (secondary N) is 1. The van der Waals surface area contributed by atoms with Gasteiger partial charge in [0.05, 0.1) is 10.2 Å². The van der Waals surface area contributed by atoms with Gasteiger partial charge in [0.2, 0.25) is 0 Å². The maximum Gasteiger partial charge on any atom is 0.267 e. The van der Waals surface area contributed by atoms with E-state index < -0.39 is 11.5 Å². The van der Waals surface area contributed by atoms with E-state index in [0.717, 1.165) is 17.5 Å². The molecule has 130 valence electrons. The first-order valence-electron chi connectivity index (χ1n) is 8.15. The van der Waals surface area contributed by atoms with Crippen LogP contribution in [0, 0.1) is 13.8 Å². The lowest BCUT2D eigenvalue weighted by atomic mass is 10.1. The highest BCUT2D eigenvalue weighted by Crippen LogP contribution is 2.31. The van der Waals surface area contributed by atoms with Crippen LogP contribution in [0.4, 0.5) is 5.69 Å². The smallest absolute Gasteiger partial charge is 0.267 e. The maximum absolute atomic E-state index is 12.8. The van der Waals surface area contributed by atoms with Crippen molar-refractivity contribution >= 4 is 33.1 Å². The third-order valence-corrected chi connectivity index (χ3v) is 5.06. The van der Waals surface area contributed by atoms with Crippen molar-refractivity contribution in [1.29, 1.82) is 0 Å². The summed E-state index contributed by atoms with van der Waals surface area (Å²) in [5.74, 6) is -0.834. The molecular formula is C19H20N2O3S. The molecule has 0 aliphatic carbocycles. The first kappa shape index (κ1) is 17.2. The molecule has 0 fully saturated rings. The number of aromatic hydroxyl groups is 1. The van der Waals surface area contributed by atoms with Crippen LogP contribution in [0.3, 0.4) is 0 Å². The molecule has 0 bridgehead atoms. The largest absolute Gasteiger partial charge is 0.505 e. The molecule has 1 aromatic carbocycles. The normalized spacial score (nSPS) is 11.0. The summed E-state index contributed by atoms with van der Waals surface area (Å²) in [6, 6.07) is 7.43. The number of carbonyl (C=O) groups excluding carboxylic acids is 1. The summed E-state index contributed by atoms with van der Waals surface area (Å²) < 4.78 is 2.11. The van der Waals surface area contributed by atoms with Crippen LogP contribution in [0.15, 0.2) is 34.4 Å². The highest BCUT2D eigenvalue weighted by Gasteiger charge is 2.23. The highest BCUT2D eigenvalue weighted by atomic mass is 32.1. The minimum atomic E-state index is -0.588. The number of aromatic nitrogens is 1. The summed E-state index contributed by atoms with van der Waals surface area (Å²) in [6.45, 7) is 6.32. The molecule has 2 heterocycles. The second-order valence-corrected chi connectivity index (χ2v) is 7.00. The molecule has 0 radical (unpaired) electrons. The van der Waals surface area contributed by atoms with Gasteiger partial charge in [0.15, 0.2) is 5.75 Å². The number of aryl methyl sites for hydroxylation is 3. The van der Waals surface area contributed by atoms with Gasteiger partial charge in [0.1, 0.15) is 5.56 Å². The van der Waals surface area contributed by atoms with Crippen LogP contribution in [0.2, 0.25) is 0 Å². The molecule has 0 aliphatic rings. The van der Waals surface area contributed by atoms with E-state index in [1.807, 2.05) is 38.3 Å². The molecule has 0 saturated heterocycles. The number of anilines is 1. The summed E-state index contributed by atoms with van der Waals surface area (Å²) in [7, 11) is 0.